The standard InChI is InChI=1S/C19H18N2O5/c1-11(22)13-5-4-6-15(9-13)25-12(2)18(23)20-14-7-8-16-17(10-14)26-19(24)21(16)3/h4-10,12H,1-3H3,(H,20,23). The maximum absolute atomic E-state index is 12.3. The van der Waals surface area contributed by atoms with Gasteiger partial charge in [0, 0.05) is 24.4 Å². The summed E-state index contributed by atoms with van der Waals surface area (Å²) in [6, 6.07) is 11.6. The number of carbonyl (C=O) groups is 2. The second-order valence-electron chi connectivity index (χ2n) is 5.94. The van der Waals surface area contributed by atoms with E-state index in [1.165, 1.54) is 11.5 Å². The van der Waals surface area contributed by atoms with E-state index in [1.807, 2.05) is 0 Å². The quantitative estimate of drug-likeness (QED) is 0.712. The Morgan fingerprint density at radius 3 is 2.69 bits per heavy atom. The van der Waals surface area contributed by atoms with Crippen LogP contribution in [0.1, 0.15) is 24.2 Å². The van der Waals surface area contributed by atoms with Gasteiger partial charge < -0.3 is 14.5 Å². The zero-order chi connectivity index (χ0) is 18.8. The predicted molar refractivity (Wildman–Crippen MR) is 96.6 cm³/mol. The third-order valence-corrected chi connectivity index (χ3v) is 3.98. The molecule has 1 amide bonds. The molecule has 0 aliphatic rings. The number of hydrogen-bond acceptors (Lipinski definition) is 5. The van der Waals surface area contributed by atoms with Gasteiger partial charge in [-0.3, -0.25) is 14.2 Å². The highest BCUT2D eigenvalue weighted by molar-refractivity contribution is 5.96. The average Bonchev–Trinajstić information content (AvgIpc) is 2.88. The van der Waals surface area contributed by atoms with Crippen molar-refractivity contribution >= 4 is 28.5 Å². The number of carbonyl (C=O) groups excluding carboxylic acids is 2. The third-order valence-electron chi connectivity index (χ3n) is 3.98. The van der Waals surface area contributed by atoms with E-state index >= 15 is 0 Å². The van der Waals surface area contributed by atoms with Crippen molar-refractivity contribution < 1.29 is 18.7 Å². The summed E-state index contributed by atoms with van der Waals surface area (Å²) < 4.78 is 12.1. The van der Waals surface area contributed by atoms with E-state index in [1.54, 1.807) is 56.4 Å². The summed E-state index contributed by atoms with van der Waals surface area (Å²) in [5.41, 5.74) is 2.03. The van der Waals surface area contributed by atoms with Crippen molar-refractivity contribution in [2.45, 2.75) is 20.0 Å². The monoisotopic (exact) mass is 354 g/mol. The van der Waals surface area contributed by atoms with Crippen molar-refractivity contribution in [2.75, 3.05) is 5.32 Å². The topological polar surface area (TPSA) is 90.5 Å². The van der Waals surface area contributed by atoms with Crippen LogP contribution in [0.5, 0.6) is 5.75 Å². The van der Waals surface area contributed by atoms with Crippen molar-refractivity contribution in [1.29, 1.82) is 0 Å². The first-order valence-electron chi connectivity index (χ1n) is 8.03. The molecule has 7 nitrogen and oxygen atoms in total. The SMILES string of the molecule is CC(=O)c1cccc(OC(C)C(=O)Nc2ccc3c(c2)oc(=O)n3C)c1. The molecule has 1 heterocycles. The van der Waals surface area contributed by atoms with Gasteiger partial charge in [-0.05, 0) is 38.1 Å². The van der Waals surface area contributed by atoms with Gasteiger partial charge in [-0.2, -0.15) is 0 Å². The van der Waals surface area contributed by atoms with Crippen LogP contribution in [0.2, 0.25) is 0 Å². The third kappa shape index (κ3) is 3.51. The lowest BCUT2D eigenvalue weighted by Crippen LogP contribution is -2.30. The minimum Gasteiger partial charge on any atom is -0.481 e. The number of ether oxygens (including phenoxy) is 1. The summed E-state index contributed by atoms with van der Waals surface area (Å²) in [5, 5.41) is 2.72. The fourth-order valence-corrected chi connectivity index (χ4v) is 2.50. The summed E-state index contributed by atoms with van der Waals surface area (Å²) in [5.74, 6) is -0.476. The van der Waals surface area contributed by atoms with Gasteiger partial charge in [0.2, 0.25) is 0 Å². The lowest BCUT2D eigenvalue weighted by molar-refractivity contribution is -0.122. The summed E-state index contributed by atoms with van der Waals surface area (Å²) >= 11 is 0. The van der Waals surface area contributed by atoms with E-state index in [-0.39, 0.29) is 11.7 Å². The van der Waals surface area contributed by atoms with Gasteiger partial charge in [0.15, 0.2) is 17.5 Å². The van der Waals surface area contributed by atoms with Crippen molar-refractivity contribution in [2.24, 2.45) is 7.05 Å². The number of fused-ring (bicyclic) bond motifs is 1. The molecule has 7 heteroatoms. The molecule has 1 aromatic heterocycles. The van der Waals surface area contributed by atoms with Crippen molar-refractivity contribution in [3.8, 4) is 5.75 Å². The Balaban J connectivity index is 1.72. The smallest absolute Gasteiger partial charge is 0.419 e. The van der Waals surface area contributed by atoms with E-state index in [0.29, 0.717) is 28.1 Å². The molecule has 26 heavy (non-hydrogen) atoms. The molecule has 0 aliphatic heterocycles. The number of nitrogens with one attached hydrogen (secondary N) is 1. The van der Waals surface area contributed by atoms with E-state index in [2.05, 4.69) is 5.32 Å². The normalized spacial score (nSPS) is 12.0. The fourth-order valence-electron chi connectivity index (χ4n) is 2.50. The van der Waals surface area contributed by atoms with Crippen LogP contribution in [0.4, 0.5) is 5.69 Å². The number of aromatic nitrogens is 1. The summed E-state index contributed by atoms with van der Waals surface area (Å²) in [4.78, 5) is 35.3. The molecule has 0 bridgehead atoms. The number of ketones is 1. The number of amides is 1. The first-order valence-corrected chi connectivity index (χ1v) is 8.03. The highest BCUT2D eigenvalue weighted by atomic mass is 16.5. The van der Waals surface area contributed by atoms with Crippen molar-refractivity contribution in [3.05, 3.63) is 58.6 Å². The van der Waals surface area contributed by atoms with Crippen molar-refractivity contribution in [3.63, 3.8) is 0 Å². The molecule has 2 aromatic carbocycles. The second-order valence-corrected chi connectivity index (χ2v) is 5.94. The molecule has 1 unspecified atom stereocenters. The molecule has 1 N–H and O–H groups in total. The number of oxazole rings is 1. The number of anilines is 1. The average molecular weight is 354 g/mol. The van der Waals surface area contributed by atoms with Gasteiger partial charge in [-0.25, -0.2) is 4.79 Å². The van der Waals surface area contributed by atoms with Crippen LogP contribution in [0.3, 0.4) is 0 Å². The lowest BCUT2D eigenvalue weighted by Gasteiger charge is -2.15. The largest absolute Gasteiger partial charge is 0.481 e. The maximum atomic E-state index is 12.3. The van der Waals surface area contributed by atoms with Crippen LogP contribution in [0, 0.1) is 0 Å². The Morgan fingerprint density at radius 2 is 1.96 bits per heavy atom. The maximum Gasteiger partial charge on any atom is 0.419 e. The van der Waals surface area contributed by atoms with Crippen molar-refractivity contribution in [1.82, 2.24) is 4.57 Å². The number of benzene rings is 2. The highest BCUT2D eigenvalue weighted by Crippen LogP contribution is 2.19. The van der Waals surface area contributed by atoms with Gasteiger partial charge >= 0.3 is 5.76 Å². The molecule has 0 spiro atoms. The van der Waals surface area contributed by atoms with E-state index in [4.69, 9.17) is 9.15 Å². The Morgan fingerprint density at radius 1 is 1.19 bits per heavy atom. The molecule has 0 fully saturated rings. The molecule has 0 saturated heterocycles. The Labute approximate surface area is 149 Å². The fraction of sp³-hybridized carbons (Fsp3) is 0.211. The second kappa shape index (κ2) is 6.87. The summed E-state index contributed by atoms with van der Waals surface area (Å²) in [6.45, 7) is 3.07. The zero-order valence-electron chi connectivity index (χ0n) is 14.6. The van der Waals surface area contributed by atoms with E-state index < -0.39 is 11.9 Å². The highest BCUT2D eigenvalue weighted by Gasteiger charge is 2.16. The van der Waals surface area contributed by atoms with Crippen LogP contribution in [-0.4, -0.2) is 22.4 Å². The van der Waals surface area contributed by atoms with Crippen LogP contribution in [0.25, 0.3) is 11.1 Å². The molecule has 0 saturated carbocycles. The van der Waals surface area contributed by atoms with Crippen LogP contribution >= 0.6 is 0 Å². The van der Waals surface area contributed by atoms with E-state index in [0.717, 1.165) is 0 Å². The number of rotatable bonds is 5. The lowest BCUT2D eigenvalue weighted by atomic mass is 10.1. The minimum absolute atomic E-state index is 0.0785. The Hall–Kier alpha value is -3.35. The number of nitrogens with zero attached hydrogens (tertiary/aromatic N) is 1. The number of hydrogen-bond donors (Lipinski definition) is 1. The van der Waals surface area contributed by atoms with Gasteiger partial charge in [0.25, 0.3) is 5.91 Å². The molecule has 0 radical (unpaired) electrons. The molecule has 134 valence electrons. The van der Waals surface area contributed by atoms with Gasteiger partial charge in [0.1, 0.15) is 5.75 Å². The molecular formula is C19H18N2O5. The van der Waals surface area contributed by atoms with Crippen LogP contribution < -0.4 is 15.8 Å². The van der Waals surface area contributed by atoms with Gasteiger partial charge in [-0.1, -0.05) is 12.1 Å². The summed E-state index contributed by atoms with van der Waals surface area (Å²) in [6.07, 6.45) is -0.782. The molecule has 3 rings (SSSR count). The first-order chi connectivity index (χ1) is 12.3. The number of aryl methyl sites for hydroxylation is 1. The number of Topliss-reactive ketones (excluding diaryl/α,β-unsaturated/α-hetero) is 1. The molecule has 3 aromatic rings. The minimum atomic E-state index is -0.782. The van der Waals surface area contributed by atoms with Crippen LogP contribution in [-0.2, 0) is 11.8 Å². The Kier molecular flexibility index (Phi) is 4.62. The molecule has 1 atom stereocenters. The Bertz CT molecular complexity index is 1050. The molecular weight excluding hydrogens is 336 g/mol. The summed E-state index contributed by atoms with van der Waals surface area (Å²) in [7, 11) is 1.61. The predicted octanol–water partition coefficient (Wildman–Crippen LogP) is 2.74. The van der Waals surface area contributed by atoms with Crippen LogP contribution in [0.15, 0.2) is 51.7 Å². The zero-order valence-corrected chi connectivity index (χ0v) is 14.6. The van der Waals surface area contributed by atoms with Gasteiger partial charge in [0.05, 0.1) is 5.52 Å². The van der Waals surface area contributed by atoms with Gasteiger partial charge in [-0.15, -0.1) is 0 Å². The van der Waals surface area contributed by atoms with E-state index in [9.17, 15) is 14.4 Å². The molecule has 0 aliphatic carbocycles. The first kappa shape index (κ1) is 17.5.